The fourth-order valence-electron chi connectivity index (χ4n) is 2.40. The zero-order valence-corrected chi connectivity index (χ0v) is 13.9. The van der Waals surface area contributed by atoms with Gasteiger partial charge in [0.2, 0.25) is 10.0 Å². The molecule has 1 N–H and O–H groups in total. The van der Waals surface area contributed by atoms with Crippen LogP contribution in [0.4, 0.5) is 4.79 Å². The summed E-state index contributed by atoms with van der Waals surface area (Å²) in [7, 11) is -3.16. The maximum absolute atomic E-state index is 12.0. The number of nitrogens with one attached hydrogen (secondary N) is 1. The van der Waals surface area contributed by atoms with Gasteiger partial charge in [-0.15, -0.1) is 0 Å². The largest absolute Gasteiger partial charge is 0.338 e. The Hall–Kier alpha value is -1.60. The van der Waals surface area contributed by atoms with Crippen molar-refractivity contribution < 1.29 is 13.2 Å². The van der Waals surface area contributed by atoms with Gasteiger partial charge in [-0.25, -0.2) is 13.2 Å². The Morgan fingerprint density at radius 3 is 2.27 bits per heavy atom. The lowest BCUT2D eigenvalue weighted by Crippen LogP contribution is -2.53. The van der Waals surface area contributed by atoms with Crippen LogP contribution < -0.4 is 5.32 Å². The molecule has 1 aromatic rings. The Bertz CT molecular complexity index is 605. The van der Waals surface area contributed by atoms with Crippen LogP contribution in [0.3, 0.4) is 0 Å². The number of amides is 2. The Kier molecular flexibility index (Phi) is 5.42. The zero-order chi connectivity index (χ0) is 16.2. The summed E-state index contributed by atoms with van der Waals surface area (Å²) in [5.41, 5.74) is 2.41. The lowest BCUT2D eigenvalue weighted by atomic mass is 10.1. The van der Waals surface area contributed by atoms with E-state index in [1.165, 1.54) is 21.7 Å². The first-order valence-electron chi connectivity index (χ1n) is 7.40. The number of urea groups is 1. The van der Waals surface area contributed by atoms with Crippen LogP contribution in [0.25, 0.3) is 0 Å². The number of nitrogens with zero attached hydrogens (tertiary/aromatic N) is 2. The van der Waals surface area contributed by atoms with Crippen LogP contribution in [-0.4, -0.2) is 62.6 Å². The van der Waals surface area contributed by atoms with Crippen molar-refractivity contribution in [3.05, 3.63) is 35.4 Å². The predicted molar refractivity (Wildman–Crippen MR) is 86.3 cm³/mol. The topological polar surface area (TPSA) is 69.7 Å². The van der Waals surface area contributed by atoms with Crippen molar-refractivity contribution >= 4 is 16.1 Å². The quantitative estimate of drug-likeness (QED) is 0.891. The highest BCUT2D eigenvalue weighted by atomic mass is 32.2. The fourth-order valence-corrected chi connectivity index (χ4v) is 3.23. The van der Waals surface area contributed by atoms with E-state index in [2.05, 4.69) is 29.6 Å². The molecule has 0 saturated carbocycles. The maximum Gasteiger partial charge on any atom is 0.317 e. The van der Waals surface area contributed by atoms with E-state index in [-0.39, 0.29) is 6.03 Å². The molecular weight excluding hydrogens is 302 g/mol. The van der Waals surface area contributed by atoms with Crippen LogP contribution in [0.2, 0.25) is 0 Å². The number of hydrogen-bond donors (Lipinski definition) is 1. The Morgan fingerprint density at radius 2 is 1.73 bits per heavy atom. The van der Waals surface area contributed by atoms with Crippen LogP contribution in [0.15, 0.2) is 24.3 Å². The molecule has 2 rings (SSSR count). The highest BCUT2D eigenvalue weighted by Crippen LogP contribution is 2.06. The van der Waals surface area contributed by atoms with Gasteiger partial charge in [0.05, 0.1) is 6.26 Å². The van der Waals surface area contributed by atoms with Crippen LogP contribution in [0, 0.1) is 6.92 Å². The van der Waals surface area contributed by atoms with Crippen molar-refractivity contribution in [1.29, 1.82) is 0 Å². The number of piperazine rings is 1. The summed E-state index contributed by atoms with van der Waals surface area (Å²) >= 11 is 0. The summed E-state index contributed by atoms with van der Waals surface area (Å²) in [5.74, 6) is 0. The van der Waals surface area contributed by atoms with Crippen LogP contribution in [0.1, 0.15) is 11.1 Å². The van der Waals surface area contributed by atoms with Gasteiger partial charge in [-0.2, -0.15) is 4.31 Å². The molecule has 22 heavy (non-hydrogen) atoms. The molecule has 1 heterocycles. The molecule has 0 unspecified atom stereocenters. The Morgan fingerprint density at radius 1 is 1.14 bits per heavy atom. The number of hydrogen-bond acceptors (Lipinski definition) is 3. The monoisotopic (exact) mass is 325 g/mol. The van der Waals surface area contributed by atoms with Crippen LogP contribution in [-0.2, 0) is 16.4 Å². The van der Waals surface area contributed by atoms with Gasteiger partial charge in [0.1, 0.15) is 0 Å². The van der Waals surface area contributed by atoms with E-state index in [0.29, 0.717) is 32.7 Å². The molecule has 6 nitrogen and oxygen atoms in total. The van der Waals surface area contributed by atoms with E-state index in [0.717, 1.165) is 6.42 Å². The number of sulfonamides is 1. The lowest BCUT2D eigenvalue weighted by molar-refractivity contribution is 0.172. The van der Waals surface area contributed by atoms with E-state index in [1.54, 1.807) is 4.90 Å². The second-order valence-electron chi connectivity index (χ2n) is 5.62. The fraction of sp³-hybridized carbons (Fsp3) is 0.533. The third-order valence-electron chi connectivity index (χ3n) is 3.81. The molecule has 7 heteroatoms. The predicted octanol–water partition coefficient (Wildman–Crippen LogP) is 0.824. The summed E-state index contributed by atoms with van der Waals surface area (Å²) < 4.78 is 24.3. The number of aryl methyl sites for hydroxylation is 1. The zero-order valence-electron chi connectivity index (χ0n) is 13.1. The van der Waals surface area contributed by atoms with E-state index in [1.807, 2.05) is 6.92 Å². The van der Waals surface area contributed by atoms with Gasteiger partial charge in [-0.05, 0) is 18.9 Å². The number of rotatable bonds is 4. The summed E-state index contributed by atoms with van der Waals surface area (Å²) in [6.45, 7) is 4.22. The second-order valence-corrected chi connectivity index (χ2v) is 7.60. The molecule has 1 saturated heterocycles. The number of carbonyl (C=O) groups is 1. The molecule has 1 aliphatic rings. The molecule has 1 aromatic carbocycles. The van der Waals surface area contributed by atoms with E-state index >= 15 is 0 Å². The van der Waals surface area contributed by atoms with Crippen molar-refractivity contribution in [1.82, 2.24) is 14.5 Å². The van der Waals surface area contributed by atoms with Crippen molar-refractivity contribution in [2.45, 2.75) is 13.3 Å². The summed E-state index contributed by atoms with van der Waals surface area (Å²) in [4.78, 5) is 13.7. The molecule has 0 spiro atoms. The van der Waals surface area contributed by atoms with Gasteiger partial charge >= 0.3 is 6.03 Å². The summed E-state index contributed by atoms with van der Waals surface area (Å²) in [5, 5.41) is 2.89. The molecular formula is C15H23N3O3S. The Balaban J connectivity index is 1.73. The van der Waals surface area contributed by atoms with Gasteiger partial charge in [0.15, 0.2) is 0 Å². The smallest absolute Gasteiger partial charge is 0.317 e. The highest BCUT2D eigenvalue weighted by molar-refractivity contribution is 7.88. The van der Waals surface area contributed by atoms with Crippen molar-refractivity contribution in [2.24, 2.45) is 0 Å². The van der Waals surface area contributed by atoms with Gasteiger partial charge in [0, 0.05) is 32.7 Å². The first-order chi connectivity index (χ1) is 10.4. The van der Waals surface area contributed by atoms with E-state index in [4.69, 9.17) is 0 Å². The molecule has 2 amide bonds. The minimum atomic E-state index is -3.16. The van der Waals surface area contributed by atoms with Crippen molar-refractivity contribution in [2.75, 3.05) is 39.0 Å². The SMILES string of the molecule is Cc1ccc(CCNC(=O)N2CCN(S(C)(=O)=O)CC2)cc1. The summed E-state index contributed by atoms with van der Waals surface area (Å²) in [6, 6.07) is 8.11. The third-order valence-corrected chi connectivity index (χ3v) is 5.11. The van der Waals surface area contributed by atoms with Gasteiger partial charge in [-0.3, -0.25) is 0 Å². The average molecular weight is 325 g/mol. The standard InChI is InChI=1S/C15H23N3O3S/c1-13-3-5-14(6-4-13)7-8-16-15(19)17-9-11-18(12-10-17)22(2,20)21/h3-6H,7-12H2,1-2H3,(H,16,19). The molecule has 0 aliphatic carbocycles. The lowest BCUT2D eigenvalue weighted by Gasteiger charge is -2.33. The maximum atomic E-state index is 12.0. The molecule has 0 aromatic heterocycles. The van der Waals surface area contributed by atoms with Crippen LogP contribution in [0.5, 0.6) is 0 Å². The second kappa shape index (κ2) is 7.11. The van der Waals surface area contributed by atoms with Gasteiger partial charge in [0.25, 0.3) is 0 Å². The Labute approximate surface area is 132 Å². The molecule has 1 fully saturated rings. The molecule has 0 bridgehead atoms. The normalized spacial score (nSPS) is 16.5. The van der Waals surface area contributed by atoms with Crippen LogP contribution >= 0.6 is 0 Å². The van der Waals surface area contributed by atoms with Crippen molar-refractivity contribution in [3.63, 3.8) is 0 Å². The molecule has 1 aliphatic heterocycles. The third kappa shape index (κ3) is 4.71. The molecule has 122 valence electrons. The first kappa shape index (κ1) is 16.8. The van der Waals surface area contributed by atoms with Crippen molar-refractivity contribution in [3.8, 4) is 0 Å². The number of carbonyl (C=O) groups excluding carboxylic acids is 1. The highest BCUT2D eigenvalue weighted by Gasteiger charge is 2.25. The number of benzene rings is 1. The summed E-state index contributed by atoms with van der Waals surface area (Å²) in [6.07, 6.45) is 1.99. The average Bonchev–Trinajstić information content (AvgIpc) is 2.48. The van der Waals surface area contributed by atoms with E-state index < -0.39 is 10.0 Å². The van der Waals surface area contributed by atoms with E-state index in [9.17, 15) is 13.2 Å². The molecule has 0 atom stereocenters. The van der Waals surface area contributed by atoms with Gasteiger partial charge < -0.3 is 10.2 Å². The molecule has 0 radical (unpaired) electrons. The minimum Gasteiger partial charge on any atom is -0.338 e. The minimum absolute atomic E-state index is 0.125. The van der Waals surface area contributed by atoms with Gasteiger partial charge in [-0.1, -0.05) is 29.8 Å². The first-order valence-corrected chi connectivity index (χ1v) is 9.24.